The average molecular weight is 302 g/mol. The zero-order chi connectivity index (χ0) is 16.1. The molecule has 0 bridgehead atoms. The van der Waals surface area contributed by atoms with Crippen molar-refractivity contribution in [3.63, 3.8) is 0 Å². The number of aryl methyl sites for hydroxylation is 1. The SMILES string of the molecule is Cc1ccc(C(=O)Nc2ccc(OCC(N)=O)cc2)cc1F. The number of anilines is 1. The maximum atomic E-state index is 13.4. The van der Waals surface area contributed by atoms with Gasteiger partial charge in [0.25, 0.3) is 11.8 Å². The molecule has 0 aliphatic rings. The third kappa shape index (κ3) is 4.05. The fraction of sp³-hybridized carbons (Fsp3) is 0.125. The lowest BCUT2D eigenvalue weighted by Crippen LogP contribution is -2.20. The van der Waals surface area contributed by atoms with Crippen molar-refractivity contribution < 1.29 is 18.7 Å². The Labute approximate surface area is 126 Å². The number of nitrogens with one attached hydrogen (secondary N) is 1. The Bertz CT molecular complexity index is 699. The molecule has 2 amide bonds. The summed E-state index contributed by atoms with van der Waals surface area (Å²) in [6, 6.07) is 10.7. The molecule has 0 aliphatic carbocycles. The Balaban J connectivity index is 2.02. The minimum atomic E-state index is -0.571. The van der Waals surface area contributed by atoms with Crippen molar-refractivity contribution in [1.82, 2.24) is 0 Å². The van der Waals surface area contributed by atoms with E-state index in [-0.39, 0.29) is 12.2 Å². The van der Waals surface area contributed by atoms with Gasteiger partial charge in [-0.25, -0.2) is 4.39 Å². The topological polar surface area (TPSA) is 81.4 Å². The number of carbonyl (C=O) groups excluding carboxylic acids is 2. The molecular weight excluding hydrogens is 287 g/mol. The Morgan fingerprint density at radius 1 is 1.18 bits per heavy atom. The predicted molar refractivity (Wildman–Crippen MR) is 80.2 cm³/mol. The van der Waals surface area contributed by atoms with Gasteiger partial charge in [-0.05, 0) is 48.9 Å². The average Bonchev–Trinajstić information content (AvgIpc) is 2.49. The summed E-state index contributed by atoms with van der Waals surface area (Å²) in [7, 11) is 0. The van der Waals surface area contributed by atoms with Gasteiger partial charge < -0.3 is 15.8 Å². The molecule has 5 nitrogen and oxygen atoms in total. The molecule has 0 atom stereocenters. The molecule has 0 spiro atoms. The third-order valence-corrected chi connectivity index (χ3v) is 2.93. The second-order valence-corrected chi connectivity index (χ2v) is 4.70. The molecule has 0 fully saturated rings. The number of ether oxygens (including phenoxy) is 1. The molecule has 0 aliphatic heterocycles. The van der Waals surface area contributed by atoms with Crippen molar-refractivity contribution in [2.45, 2.75) is 6.92 Å². The van der Waals surface area contributed by atoms with Crippen LogP contribution in [0.1, 0.15) is 15.9 Å². The van der Waals surface area contributed by atoms with Crippen LogP contribution in [0, 0.1) is 12.7 Å². The van der Waals surface area contributed by atoms with Crippen LogP contribution < -0.4 is 15.8 Å². The second-order valence-electron chi connectivity index (χ2n) is 4.70. The van der Waals surface area contributed by atoms with Gasteiger partial charge in [0.1, 0.15) is 11.6 Å². The van der Waals surface area contributed by atoms with Gasteiger partial charge in [0.05, 0.1) is 0 Å². The lowest BCUT2D eigenvalue weighted by molar-refractivity contribution is -0.119. The molecule has 0 saturated heterocycles. The molecule has 0 saturated carbocycles. The molecule has 0 heterocycles. The Morgan fingerprint density at radius 2 is 1.86 bits per heavy atom. The van der Waals surface area contributed by atoms with E-state index < -0.39 is 17.6 Å². The van der Waals surface area contributed by atoms with Crippen molar-refractivity contribution in [2.24, 2.45) is 5.73 Å². The number of hydrogen-bond donors (Lipinski definition) is 2. The van der Waals surface area contributed by atoms with Crippen LogP contribution in [0.15, 0.2) is 42.5 Å². The monoisotopic (exact) mass is 302 g/mol. The summed E-state index contributed by atoms with van der Waals surface area (Å²) in [6.07, 6.45) is 0. The maximum absolute atomic E-state index is 13.4. The number of nitrogens with two attached hydrogens (primary N) is 1. The maximum Gasteiger partial charge on any atom is 0.255 e. The molecule has 2 aromatic carbocycles. The zero-order valence-electron chi connectivity index (χ0n) is 11.9. The summed E-state index contributed by atoms with van der Waals surface area (Å²) in [5, 5.41) is 2.64. The summed E-state index contributed by atoms with van der Waals surface area (Å²) in [6.45, 7) is 1.41. The van der Waals surface area contributed by atoms with E-state index in [2.05, 4.69) is 5.32 Å². The molecule has 3 N–H and O–H groups in total. The first-order chi connectivity index (χ1) is 10.5. The molecule has 22 heavy (non-hydrogen) atoms. The highest BCUT2D eigenvalue weighted by molar-refractivity contribution is 6.04. The van der Waals surface area contributed by atoms with Crippen LogP contribution in [-0.2, 0) is 4.79 Å². The first kappa shape index (κ1) is 15.5. The smallest absolute Gasteiger partial charge is 0.255 e. The molecule has 0 radical (unpaired) electrons. The highest BCUT2D eigenvalue weighted by atomic mass is 19.1. The number of halogens is 1. The molecule has 0 aromatic heterocycles. The normalized spacial score (nSPS) is 10.1. The Kier molecular flexibility index (Phi) is 4.73. The fourth-order valence-corrected chi connectivity index (χ4v) is 1.73. The highest BCUT2D eigenvalue weighted by Crippen LogP contribution is 2.17. The van der Waals surface area contributed by atoms with Crippen LogP contribution >= 0.6 is 0 Å². The summed E-state index contributed by atoms with van der Waals surface area (Å²) in [5.74, 6) is -0.954. The highest BCUT2D eigenvalue weighted by Gasteiger charge is 2.08. The van der Waals surface area contributed by atoms with E-state index in [1.165, 1.54) is 6.07 Å². The van der Waals surface area contributed by atoms with E-state index in [1.54, 1.807) is 43.3 Å². The van der Waals surface area contributed by atoms with Crippen LogP contribution in [0.4, 0.5) is 10.1 Å². The first-order valence-corrected chi connectivity index (χ1v) is 6.54. The summed E-state index contributed by atoms with van der Waals surface area (Å²) < 4.78 is 18.6. The Hall–Kier alpha value is -2.89. The standard InChI is InChI=1S/C16H15FN2O3/c1-10-2-3-11(8-14(10)17)16(21)19-12-4-6-13(7-5-12)22-9-15(18)20/h2-8H,9H2,1H3,(H2,18,20)(H,19,21). The molecule has 114 valence electrons. The van der Waals surface area contributed by atoms with Crippen LogP contribution in [0.2, 0.25) is 0 Å². The minimum absolute atomic E-state index is 0.214. The minimum Gasteiger partial charge on any atom is -0.484 e. The Morgan fingerprint density at radius 3 is 2.45 bits per heavy atom. The van der Waals surface area contributed by atoms with Crippen molar-refractivity contribution in [3.05, 3.63) is 59.4 Å². The number of amides is 2. The number of primary amides is 1. The largest absolute Gasteiger partial charge is 0.484 e. The van der Waals surface area contributed by atoms with Crippen LogP contribution in [-0.4, -0.2) is 18.4 Å². The lowest BCUT2D eigenvalue weighted by atomic mass is 10.1. The predicted octanol–water partition coefficient (Wildman–Crippen LogP) is 2.25. The summed E-state index contributed by atoms with van der Waals surface area (Å²) in [4.78, 5) is 22.6. The van der Waals surface area contributed by atoms with Gasteiger partial charge in [-0.15, -0.1) is 0 Å². The van der Waals surface area contributed by atoms with Crippen LogP contribution in [0.3, 0.4) is 0 Å². The second kappa shape index (κ2) is 6.71. The number of rotatable bonds is 5. The van der Waals surface area contributed by atoms with Gasteiger partial charge in [-0.2, -0.15) is 0 Å². The van der Waals surface area contributed by atoms with Gasteiger partial charge in [0.2, 0.25) is 0 Å². The van der Waals surface area contributed by atoms with E-state index in [4.69, 9.17) is 10.5 Å². The summed E-state index contributed by atoms with van der Waals surface area (Å²) >= 11 is 0. The van der Waals surface area contributed by atoms with Crippen LogP contribution in [0.25, 0.3) is 0 Å². The molecule has 0 unspecified atom stereocenters. The molecule has 6 heteroatoms. The molecule has 2 aromatic rings. The van der Waals surface area contributed by atoms with E-state index in [0.717, 1.165) is 0 Å². The van der Waals surface area contributed by atoms with Gasteiger partial charge in [0.15, 0.2) is 6.61 Å². The van der Waals surface area contributed by atoms with Crippen molar-refractivity contribution in [3.8, 4) is 5.75 Å². The fourth-order valence-electron chi connectivity index (χ4n) is 1.73. The van der Waals surface area contributed by atoms with E-state index in [9.17, 15) is 14.0 Å². The van der Waals surface area contributed by atoms with Gasteiger partial charge in [-0.3, -0.25) is 9.59 Å². The summed E-state index contributed by atoms with van der Waals surface area (Å²) in [5.41, 5.74) is 6.21. The molecule has 2 rings (SSSR count). The van der Waals surface area contributed by atoms with E-state index >= 15 is 0 Å². The zero-order valence-corrected chi connectivity index (χ0v) is 11.9. The first-order valence-electron chi connectivity index (χ1n) is 6.54. The van der Waals surface area contributed by atoms with E-state index in [0.29, 0.717) is 17.0 Å². The van der Waals surface area contributed by atoms with Crippen molar-refractivity contribution >= 4 is 17.5 Å². The number of hydrogen-bond acceptors (Lipinski definition) is 3. The lowest BCUT2D eigenvalue weighted by Gasteiger charge is -2.08. The quantitative estimate of drug-likeness (QED) is 0.888. The van der Waals surface area contributed by atoms with Gasteiger partial charge in [0, 0.05) is 11.3 Å². The van der Waals surface area contributed by atoms with Crippen molar-refractivity contribution in [1.29, 1.82) is 0 Å². The number of benzene rings is 2. The number of carbonyl (C=O) groups is 2. The van der Waals surface area contributed by atoms with Gasteiger partial charge in [-0.1, -0.05) is 6.07 Å². The van der Waals surface area contributed by atoms with Crippen LogP contribution in [0.5, 0.6) is 5.75 Å². The third-order valence-electron chi connectivity index (χ3n) is 2.93. The molecular formula is C16H15FN2O3. The van der Waals surface area contributed by atoms with Crippen molar-refractivity contribution in [2.75, 3.05) is 11.9 Å². The van der Waals surface area contributed by atoms with Gasteiger partial charge >= 0.3 is 0 Å². The van der Waals surface area contributed by atoms with E-state index in [1.807, 2.05) is 0 Å².